The molecule has 0 saturated carbocycles. The number of aromatic carboxylic acids is 1. The standard InChI is InChI=1S/C10H16N2O4/c1-6(5-13)7(2)11-4-8-3-9(10(14)15)12-16-8/h3,6-7,11,13H,4-5H2,1-2H3,(H,14,15). The summed E-state index contributed by atoms with van der Waals surface area (Å²) in [6.45, 7) is 4.35. The van der Waals surface area contributed by atoms with E-state index in [0.717, 1.165) is 0 Å². The lowest BCUT2D eigenvalue weighted by atomic mass is 10.1. The van der Waals surface area contributed by atoms with Gasteiger partial charge in [0.2, 0.25) is 0 Å². The Hall–Kier alpha value is -1.40. The molecule has 2 unspecified atom stereocenters. The molecule has 0 saturated heterocycles. The van der Waals surface area contributed by atoms with Gasteiger partial charge in [-0.1, -0.05) is 12.1 Å². The minimum Gasteiger partial charge on any atom is -0.476 e. The number of nitrogens with one attached hydrogen (secondary N) is 1. The van der Waals surface area contributed by atoms with Crippen molar-refractivity contribution in [1.29, 1.82) is 0 Å². The van der Waals surface area contributed by atoms with Gasteiger partial charge < -0.3 is 20.1 Å². The van der Waals surface area contributed by atoms with Crippen molar-refractivity contribution in [3.8, 4) is 0 Å². The van der Waals surface area contributed by atoms with Crippen molar-refractivity contribution in [2.24, 2.45) is 5.92 Å². The summed E-state index contributed by atoms with van der Waals surface area (Å²) in [7, 11) is 0. The molecule has 6 heteroatoms. The molecule has 0 spiro atoms. The van der Waals surface area contributed by atoms with Crippen molar-refractivity contribution in [3.05, 3.63) is 17.5 Å². The zero-order valence-electron chi connectivity index (χ0n) is 9.30. The lowest BCUT2D eigenvalue weighted by Gasteiger charge is -2.18. The van der Waals surface area contributed by atoms with E-state index in [0.29, 0.717) is 12.3 Å². The number of carboxylic acids is 1. The topological polar surface area (TPSA) is 95.6 Å². The number of aliphatic hydroxyl groups is 1. The molecule has 3 N–H and O–H groups in total. The molecule has 0 aliphatic rings. The number of carboxylic acid groups (broad SMARTS) is 1. The van der Waals surface area contributed by atoms with Crippen molar-refractivity contribution >= 4 is 5.97 Å². The van der Waals surface area contributed by atoms with Gasteiger partial charge in [-0.25, -0.2) is 4.79 Å². The highest BCUT2D eigenvalue weighted by molar-refractivity contribution is 5.85. The van der Waals surface area contributed by atoms with E-state index in [4.69, 9.17) is 14.7 Å². The molecule has 1 rings (SSSR count). The van der Waals surface area contributed by atoms with E-state index in [2.05, 4.69) is 10.5 Å². The lowest BCUT2D eigenvalue weighted by Crippen LogP contribution is -2.33. The first-order chi connectivity index (χ1) is 7.54. The molecule has 90 valence electrons. The van der Waals surface area contributed by atoms with Crippen LogP contribution in [-0.4, -0.2) is 34.0 Å². The van der Waals surface area contributed by atoms with Crippen molar-refractivity contribution < 1.29 is 19.5 Å². The summed E-state index contributed by atoms with van der Waals surface area (Å²) < 4.78 is 4.83. The van der Waals surface area contributed by atoms with E-state index in [1.807, 2.05) is 13.8 Å². The molecule has 1 aromatic rings. The van der Waals surface area contributed by atoms with Crippen LogP contribution in [0.25, 0.3) is 0 Å². The Morgan fingerprint density at radius 3 is 2.81 bits per heavy atom. The Morgan fingerprint density at radius 2 is 2.31 bits per heavy atom. The summed E-state index contributed by atoms with van der Waals surface area (Å²) >= 11 is 0. The van der Waals surface area contributed by atoms with Gasteiger partial charge in [0.15, 0.2) is 11.5 Å². The molecule has 16 heavy (non-hydrogen) atoms. The Labute approximate surface area is 93.3 Å². The summed E-state index contributed by atoms with van der Waals surface area (Å²) in [5, 5.41) is 24.1. The third kappa shape index (κ3) is 3.32. The highest BCUT2D eigenvalue weighted by Gasteiger charge is 2.13. The summed E-state index contributed by atoms with van der Waals surface area (Å²) in [4.78, 5) is 10.5. The maximum absolute atomic E-state index is 10.5. The predicted octanol–water partition coefficient (Wildman–Crippen LogP) is 0.479. The minimum absolute atomic E-state index is 0.0975. The maximum atomic E-state index is 10.5. The third-order valence-corrected chi connectivity index (χ3v) is 2.52. The second kappa shape index (κ2) is 5.62. The Bertz CT molecular complexity index is 350. The SMILES string of the molecule is CC(CO)C(C)NCc1cc(C(=O)O)no1. The van der Waals surface area contributed by atoms with Gasteiger partial charge in [0.25, 0.3) is 0 Å². The highest BCUT2D eigenvalue weighted by atomic mass is 16.5. The van der Waals surface area contributed by atoms with Crippen LogP contribution in [0.5, 0.6) is 0 Å². The van der Waals surface area contributed by atoms with Crippen LogP contribution < -0.4 is 5.32 Å². The van der Waals surface area contributed by atoms with Crippen LogP contribution in [0.15, 0.2) is 10.6 Å². The van der Waals surface area contributed by atoms with Crippen molar-refractivity contribution in [2.75, 3.05) is 6.61 Å². The van der Waals surface area contributed by atoms with Gasteiger partial charge in [0, 0.05) is 18.7 Å². The monoisotopic (exact) mass is 228 g/mol. The van der Waals surface area contributed by atoms with Gasteiger partial charge in [0.05, 0.1) is 6.54 Å². The van der Waals surface area contributed by atoms with Crippen LogP contribution in [0.4, 0.5) is 0 Å². The fraction of sp³-hybridized carbons (Fsp3) is 0.600. The normalized spacial score (nSPS) is 14.7. The fourth-order valence-electron chi connectivity index (χ4n) is 1.12. The molecule has 0 aliphatic carbocycles. The molecule has 0 amide bonds. The summed E-state index contributed by atoms with van der Waals surface area (Å²) in [5.41, 5.74) is -0.0975. The molecule has 0 bridgehead atoms. The van der Waals surface area contributed by atoms with E-state index in [1.54, 1.807) is 0 Å². The first-order valence-electron chi connectivity index (χ1n) is 5.07. The molecule has 6 nitrogen and oxygen atoms in total. The van der Waals surface area contributed by atoms with Crippen molar-refractivity contribution in [3.63, 3.8) is 0 Å². The average Bonchev–Trinajstić information content (AvgIpc) is 2.73. The molecule has 2 atom stereocenters. The van der Waals surface area contributed by atoms with E-state index in [9.17, 15) is 4.79 Å². The minimum atomic E-state index is -1.10. The largest absolute Gasteiger partial charge is 0.476 e. The highest BCUT2D eigenvalue weighted by Crippen LogP contribution is 2.06. The fourth-order valence-corrected chi connectivity index (χ4v) is 1.12. The number of nitrogens with zero attached hydrogens (tertiary/aromatic N) is 1. The van der Waals surface area contributed by atoms with Crippen LogP contribution in [0.1, 0.15) is 30.1 Å². The molecule has 1 heterocycles. The van der Waals surface area contributed by atoms with Crippen LogP contribution >= 0.6 is 0 Å². The molecule has 0 radical (unpaired) electrons. The first-order valence-corrected chi connectivity index (χ1v) is 5.07. The molecular weight excluding hydrogens is 212 g/mol. The zero-order chi connectivity index (χ0) is 12.1. The van der Waals surface area contributed by atoms with E-state index < -0.39 is 5.97 Å². The Morgan fingerprint density at radius 1 is 1.62 bits per heavy atom. The van der Waals surface area contributed by atoms with Crippen molar-refractivity contribution in [2.45, 2.75) is 26.4 Å². The van der Waals surface area contributed by atoms with Crippen LogP contribution in [0.3, 0.4) is 0 Å². The van der Waals surface area contributed by atoms with E-state index in [-0.39, 0.29) is 24.3 Å². The Kier molecular flexibility index (Phi) is 4.45. The van der Waals surface area contributed by atoms with Crippen LogP contribution in [0, 0.1) is 5.92 Å². The average molecular weight is 228 g/mol. The summed E-state index contributed by atoms with van der Waals surface area (Å²) in [6, 6.07) is 1.49. The lowest BCUT2D eigenvalue weighted by molar-refractivity contribution is 0.0685. The van der Waals surface area contributed by atoms with Gasteiger partial charge in [-0.3, -0.25) is 0 Å². The number of rotatable bonds is 6. The van der Waals surface area contributed by atoms with E-state index >= 15 is 0 Å². The second-order valence-electron chi connectivity index (χ2n) is 3.81. The van der Waals surface area contributed by atoms with Gasteiger partial charge >= 0.3 is 5.97 Å². The Balaban J connectivity index is 2.45. The number of hydrogen-bond donors (Lipinski definition) is 3. The smallest absolute Gasteiger partial charge is 0.358 e. The molecule has 1 aromatic heterocycles. The first kappa shape index (κ1) is 12.7. The molecular formula is C10H16N2O4. The summed E-state index contributed by atoms with van der Waals surface area (Å²) in [6.07, 6.45) is 0. The van der Waals surface area contributed by atoms with Crippen molar-refractivity contribution in [1.82, 2.24) is 10.5 Å². The molecule has 0 aliphatic heterocycles. The number of aromatic nitrogens is 1. The zero-order valence-corrected chi connectivity index (χ0v) is 9.30. The van der Waals surface area contributed by atoms with Gasteiger partial charge in [-0.15, -0.1) is 0 Å². The quantitative estimate of drug-likeness (QED) is 0.655. The van der Waals surface area contributed by atoms with Gasteiger partial charge in [-0.2, -0.15) is 0 Å². The predicted molar refractivity (Wildman–Crippen MR) is 56.0 cm³/mol. The number of hydrogen-bond acceptors (Lipinski definition) is 5. The van der Waals surface area contributed by atoms with Gasteiger partial charge in [0.1, 0.15) is 0 Å². The van der Waals surface area contributed by atoms with Crippen LogP contribution in [0.2, 0.25) is 0 Å². The third-order valence-electron chi connectivity index (χ3n) is 2.52. The van der Waals surface area contributed by atoms with Crippen LogP contribution in [-0.2, 0) is 6.54 Å². The number of carbonyl (C=O) groups is 1. The van der Waals surface area contributed by atoms with E-state index in [1.165, 1.54) is 6.07 Å². The number of aliphatic hydroxyl groups excluding tert-OH is 1. The maximum Gasteiger partial charge on any atom is 0.358 e. The molecule has 0 aromatic carbocycles. The summed E-state index contributed by atoms with van der Waals surface area (Å²) in [5.74, 6) is -0.511. The van der Waals surface area contributed by atoms with Gasteiger partial charge in [-0.05, 0) is 12.8 Å². The second-order valence-corrected chi connectivity index (χ2v) is 3.81. The molecule has 0 fully saturated rings.